The van der Waals surface area contributed by atoms with E-state index >= 15 is 0 Å². The Morgan fingerprint density at radius 3 is 2.47 bits per heavy atom. The molecule has 5 heteroatoms. The standard InChI is InChI=1S/C14H25NO4/c1-4-15(7-6-14(17)18-3)13(16)10-11-8-12(9-11)19-5-2/h11-12H,4-10H2,1-3H3. The molecule has 0 aromatic rings. The molecule has 1 saturated carbocycles. The monoisotopic (exact) mass is 271 g/mol. The second-order valence-corrected chi connectivity index (χ2v) is 4.92. The lowest BCUT2D eigenvalue weighted by molar-refractivity contribution is -0.142. The summed E-state index contributed by atoms with van der Waals surface area (Å²) >= 11 is 0. The Bertz CT molecular complexity index is 300. The van der Waals surface area contributed by atoms with Crippen molar-refractivity contribution in [3.63, 3.8) is 0 Å². The number of nitrogens with zero attached hydrogens (tertiary/aromatic N) is 1. The Morgan fingerprint density at radius 2 is 1.95 bits per heavy atom. The van der Waals surface area contributed by atoms with Gasteiger partial charge in [0, 0.05) is 26.1 Å². The van der Waals surface area contributed by atoms with Crippen molar-refractivity contribution >= 4 is 11.9 Å². The number of hydrogen-bond acceptors (Lipinski definition) is 4. The van der Waals surface area contributed by atoms with Gasteiger partial charge in [-0.1, -0.05) is 0 Å². The smallest absolute Gasteiger partial charge is 0.307 e. The van der Waals surface area contributed by atoms with Gasteiger partial charge < -0.3 is 14.4 Å². The van der Waals surface area contributed by atoms with E-state index in [-0.39, 0.29) is 18.3 Å². The van der Waals surface area contributed by atoms with Crippen LogP contribution in [0, 0.1) is 5.92 Å². The number of carbonyl (C=O) groups excluding carboxylic acids is 2. The number of amides is 1. The van der Waals surface area contributed by atoms with Gasteiger partial charge in [0.25, 0.3) is 0 Å². The van der Waals surface area contributed by atoms with Gasteiger partial charge in [-0.25, -0.2) is 0 Å². The van der Waals surface area contributed by atoms with E-state index in [1.165, 1.54) is 7.11 Å². The van der Waals surface area contributed by atoms with Crippen LogP contribution in [0.1, 0.15) is 39.5 Å². The molecule has 0 heterocycles. The predicted octanol–water partition coefficient (Wildman–Crippen LogP) is 1.60. The molecule has 0 radical (unpaired) electrons. The predicted molar refractivity (Wildman–Crippen MR) is 71.6 cm³/mol. The average Bonchev–Trinajstić information content (AvgIpc) is 2.36. The molecule has 5 nitrogen and oxygen atoms in total. The summed E-state index contributed by atoms with van der Waals surface area (Å²) in [4.78, 5) is 24.9. The van der Waals surface area contributed by atoms with Gasteiger partial charge in [0.2, 0.25) is 5.91 Å². The van der Waals surface area contributed by atoms with E-state index in [0.717, 1.165) is 19.4 Å². The third kappa shape index (κ3) is 5.19. The maximum atomic E-state index is 12.1. The maximum Gasteiger partial charge on any atom is 0.307 e. The zero-order valence-electron chi connectivity index (χ0n) is 12.2. The molecule has 0 aromatic heterocycles. The summed E-state index contributed by atoms with van der Waals surface area (Å²) in [6.07, 6.45) is 3.14. The summed E-state index contributed by atoms with van der Waals surface area (Å²) in [5, 5.41) is 0. The van der Waals surface area contributed by atoms with Crippen molar-refractivity contribution in [1.82, 2.24) is 4.90 Å². The van der Waals surface area contributed by atoms with E-state index in [1.54, 1.807) is 4.90 Å². The lowest BCUT2D eigenvalue weighted by atomic mass is 9.79. The number of methoxy groups -OCH3 is 1. The minimum absolute atomic E-state index is 0.131. The van der Waals surface area contributed by atoms with Gasteiger partial charge in [-0.3, -0.25) is 9.59 Å². The molecule has 1 rings (SSSR count). The lowest BCUT2D eigenvalue weighted by Crippen LogP contribution is -2.38. The number of ether oxygens (including phenoxy) is 2. The Balaban J connectivity index is 2.25. The summed E-state index contributed by atoms with van der Waals surface area (Å²) in [6.45, 7) is 5.75. The molecule has 0 N–H and O–H groups in total. The molecular formula is C14H25NO4. The minimum atomic E-state index is -0.272. The number of rotatable bonds is 8. The number of carbonyl (C=O) groups is 2. The van der Waals surface area contributed by atoms with Crippen molar-refractivity contribution in [1.29, 1.82) is 0 Å². The van der Waals surface area contributed by atoms with Crippen LogP contribution in [0.25, 0.3) is 0 Å². The number of esters is 1. The lowest BCUT2D eigenvalue weighted by Gasteiger charge is -2.35. The highest BCUT2D eigenvalue weighted by molar-refractivity contribution is 5.77. The van der Waals surface area contributed by atoms with E-state index in [2.05, 4.69) is 4.74 Å². The third-order valence-electron chi connectivity index (χ3n) is 3.61. The second-order valence-electron chi connectivity index (χ2n) is 4.92. The van der Waals surface area contributed by atoms with Crippen LogP contribution in [0.4, 0.5) is 0 Å². The van der Waals surface area contributed by atoms with Crippen LogP contribution in [0.2, 0.25) is 0 Å². The highest BCUT2D eigenvalue weighted by Gasteiger charge is 2.32. The molecule has 1 aliphatic rings. The summed E-state index contributed by atoms with van der Waals surface area (Å²) in [5.74, 6) is 0.300. The highest BCUT2D eigenvalue weighted by Crippen LogP contribution is 2.33. The Labute approximate surface area is 115 Å². The third-order valence-corrected chi connectivity index (χ3v) is 3.61. The zero-order valence-corrected chi connectivity index (χ0v) is 12.2. The fraction of sp³-hybridized carbons (Fsp3) is 0.857. The van der Waals surface area contributed by atoms with Gasteiger partial charge >= 0.3 is 5.97 Å². The van der Waals surface area contributed by atoms with E-state index in [9.17, 15) is 9.59 Å². The van der Waals surface area contributed by atoms with Crippen molar-refractivity contribution in [2.75, 3.05) is 26.8 Å². The molecular weight excluding hydrogens is 246 g/mol. The molecule has 0 atom stereocenters. The van der Waals surface area contributed by atoms with Crippen LogP contribution in [0.5, 0.6) is 0 Å². The first kappa shape index (κ1) is 16.0. The van der Waals surface area contributed by atoms with Crippen molar-refractivity contribution in [3.8, 4) is 0 Å². The van der Waals surface area contributed by atoms with Gasteiger partial charge in [0.15, 0.2) is 0 Å². The Morgan fingerprint density at radius 1 is 1.26 bits per heavy atom. The van der Waals surface area contributed by atoms with Gasteiger partial charge in [-0.2, -0.15) is 0 Å². The Hall–Kier alpha value is -1.10. The summed E-state index contributed by atoms with van der Waals surface area (Å²) in [6, 6.07) is 0. The molecule has 0 saturated heterocycles. The first-order chi connectivity index (χ1) is 9.10. The van der Waals surface area contributed by atoms with Crippen LogP contribution in [0.3, 0.4) is 0 Å². The van der Waals surface area contributed by atoms with Gasteiger partial charge in [-0.05, 0) is 32.6 Å². The summed E-state index contributed by atoms with van der Waals surface area (Å²) in [7, 11) is 1.36. The molecule has 1 aliphatic carbocycles. The minimum Gasteiger partial charge on any atom is -0.469 e. The summed E-state index contributed by atoms with van der Waals surface area (Å²) < 4.78 is 10.1. The fourth-order valence-electron chi connectivity index (χ4n) is 2.38. The average molecular weight is 271 g/mol. The number of hydrogen-bond donors (Lipinski definition) is 0. The molecule has 1 amide bonds. The van der Waals surface area contributed by atoms with E-state index < -0.39 is 0 Å². The van der Waals surface area contributed by atoms with E-state index in [4.69, 9.17) is 4.74 Å². The van der Waals surface area contributed by atoms with Crippen LogP contribution < -0.4 is 0 Å². The SMILES string of the molecule is CCOC1CC(CC(=O)N(CC)CCC(=O)OC)C1. The molecule has 0 aliphatic heterocycles. The molecule has 0 aromatic carbocycles. The van der Waals surface area contributed by atoms with Crippen LogP contribution in [0.15, 0.2) is 0 Å². The zero-order chi connectivity index (χ0) is 14.3. The molecule has 0 spiro atoms. The van der Waals surface area contributed by atoms with E-state index in [0.29, 0.717) is 31.5 Å². The molecule has 0 bridgehead atoms. The highest BCUT2D eigenvalue weighted by atomic mass is 16.5. The van der Waals surface area contributed by atoms with Crippen molar-refractivity contribution in [2.45, 2.75) is 45.6 Å². The fourth-order valence-corrected chi connectivity index (χ4v) is 2.38. The molecule has 1 fully saturated rings. The second kappa shape index (κ2) is 8.15. The van der Waals surface area contributed by atoms with Crippen LogP contribution in [-0.4, -0.2) is 49.7 Å². The molecule has 110 valence electrons. The normalized spacial score (nSPS) is 21.6. The van der Waals surface area contributed by atoms with Gasteiger partial charge in [-0.15, -0.1) is 0 Å². The largest absolute Gasteiger partial charge is 0.469 e. The van der Waals surface area contributed by atoms with Crippen molar-refractivity contribution in [2.24, 2.45) is 5.92 Å². The first-order valence-electron chi connectivity index (χ1n) is 7.06. The van der Waals surface area contributed by atoms with E-state index in [1.807, 2.05) is 13.8 Å². The molecule has 19 heavy (non-hydrogen) atoms. The molecule has 0 unspecified atom stereocenters. The first-order valence-corrected chi connectivity index (χ1v) is 7.06. The Kier molecular flexibility index (Phi) is 6.84. The topological polar surface area (TPSA) is 55.8 Å². The summed E-state index contributed by atoms with van der Waals surface area (Å²) in [5.41, 5.74) is 0. The van der Waals surface area contributed by atoms with Crippen LogP contribution in [-0.2, 0) is 19.1 Å². The van der Waals surface area contributed by atoms with Crippen LogP contribution >= 0.6 is 0 Å². The van der Waals surface area contributed by atoms with Crippen molar-refractivity contribution in [3.05, 3.63) is 0 Å². The van der Waals surface area contributed by atoms with Crippen molar-refractivity contribution < 1.29 is 19.1 Å². The maximum absolute atomic E-state index is 12.1. The van der Waals surface area contributed by atoms with Gasteiger partial charge in [0.1, 0.15) is 0 Å². The quantitative estimate of drug-likeness (QED) is 0.629. The van der Waals surface area contributed by atoms with Gasteiger partial charge in [0.05, 0.1) is 19.6 Å².